The summed E-state index contributed by atoms with van der Waals surface area (Å²) in [5.74, 6) is -1.80. The molecule has 0 aromatic heterocycles. The SMILES string of the molecule is C=C(C=C(C)C(=O)O)C(=O)OCC(C)(C)CO. The summed E-state index contributed by atoms with van der Waals surface area (Å²) >= 11 is 0. The Bertz CT molecular complexity index is 352. The van der Waals surface area contributed by atoms with Crippen LogP contribution in [0.5, 0.6) is 0 Å². The van der Waals surface area contributed by atoms with Crippen LogP contribution in [0.1, 0.15) is 20.8 Å². The summed E-state index contributed by atoms with van der Waals surface area (Å²) in [6.07, 6.45) is 1.15. The summed E-state index contributed by atoms with van der Waals surface area (Å²) in [6.45, 7) is 8.19. The van der Waals surface area contributed by atoms with Crippen LogP contribution in [0.4, 0.5) is 0 Å². The zero-order valence-corrected chi connectivity index (χ0v) is 10.3. The van der Waals surface area contributed by atoms with Gasteiger partial charge in [-0.25, -0.2) is 9.59 Å². The summed E-state index contributed by atoms with van der Waals surface area (Å²) in [4.78, 5) is 21.9. The van der Waals surface area contributed by atoms with Crippen LogP contribution in [0, 0.1) is 5.41 Å². The molecule has 0 spiro atoms. The third kappa shape index (κ3) is 5.87. The number of carbonyl (C=O) groups excluding carboxylic acids is 1. The van der Waals surface area contributed by atoms with E-state index in [2.05, 4.69) is 6.58 Å². The number of ether oxygens (including phenoxy) is 1. The molecule has 0 fully saturated rings. The van der Waals surface area contributed by atoms with Crippen molar-refractivity contribution in [3.8, 4) is 0 Å². The van der Waals surface area contributed by atoms with Gasteiger partial charge < -0.3 is 14.9 Å². The quantitative estimate of drug-likeness (QED) is 0.414. The predicted molar refractivity (Wildman–Crippen MR) is 62.4 cm³/mol. The van der Waals surface area contributed by atoms with Gasteiger partial charge in [0.2, 0.25) is 0 Å². The first-order valence-corrected chi connectivity index (χ1v) is 5.08. The van der Waals surface area contributed by atoms with E-state index in [1.54, 1.807) is 13.8 Å². The molecule has 0 saturated heterocycles. The molecule has 0 heterocycles. The van der Waals surface area contributed by atoms with Gasteiger partial charge in [-0.3, -0.25) is 0 Å². The van der Waals surface area contributed by atoms with E-state index in [9.17, 15) is 9.59 Å². The Labute approximate surface area is 100 Å². The number of carboxylic acid groups (broad SMARTS) is 1. The van der Waals surface area contributed by atoms with Gasteiger partial charge in [0, 0.05) is 11.0 Å². The largest absolute Gasteiger partial charge is 0.478 e. The normalized spacial score (nSPS) is 12.1. The molecule has 0 aromatic carbocycles. The minimum absolute atomic E-state index is 0.00775. The molecular formula is C12H18O5. The van der Waals surface area contributed by atoms with E-state index in [1.807, 2.05) is 0 Å². The minimum atomic E-state index is -1.12. The number of aliphatic carboxylic acids is 1. The number of aliphatic hydroxyl groups excluding tert-OH is 1. The maximum atomic E-state index is 11.4. The topological polar surface area (TPSA) is 83.8 Å². The standard InChI is InChI=1S/C12H18O5/c1-8(10(14)15)5-9(2)11(16)17-7-12(3,4)6-13/h5,13H,2,6-7H2,1,3-4H3,(H,14,15). The lowest BCUT2D eigenvalue weighted by Gasteiger charge is -2.20. The van der Waals surface area contributed by atoms with Crippen LogP contribution in [0.15, 0.2) is 23.8 Å². The second kappa shape index (κ2) is 6.20. The van der Waals surface area contributed by atoms with Gasteiger partial charge in [0.15, 0.2) is 0 Å². The minimum Gasteiger partial charge on any atom is -0.478 e. The van der Waals surface area contributed by atoms with E-state index in [4.69, 9.17) is 14.9 Å². The van der Waals surface area contributed by atoms with Gasteiger partial charge in [-0.2, -0.15) is 0 Å². The van der Waals surface area contributed by atoms with E-state index >= 15 is 0 Å². The molecule has 0 aliphatic rings. The zero-order chi connectivity index (χ0) is 13.6. The molecule has 0 bridgehead atoms. The van der Waals surface area contributed by atoms with E-state index in [1.165, 1.54) is 6.92 Å². The molecule has 2 N–H and O–H groups in total. The molecule has 0 amide bonds. The predicted octanol–water partition coefficient (Wildman–Crippen LogP) is 1.14. The van der Waals surface area contributed by atoms with Crippen LogP contribution in [0.25, 0.3) is 0 Å². The molecule has 0 atom stereocenters. The van der Waals surface area contributed by atoms with Gasteiger partial charge in [-0.05, 0) is 13.0 Å². The van der Waals surface area contributed by atoms with Crippen molar-refractivity contribution in [2.45, 2.75) is 20.8 Å². The van der Waals surface area contributed by atoms with Gasteiger partial charge in [0.25, 0.3) is 0 Å². The Kier molecular flexibility index (Phi) is 5.61. The fraction of sp³-hybridized carbons (Fsp3) is 0.500. The fourth-order valence-corrected chi connectivity index (χ4v) is 0.781. The average Bonchev–Trinajstić information content (AvgIpc) is 2.25. The maximum Gasteiger partial charge on any atom is 0.337 e. The lowest BCUT2D eigenvalue weighted by molar-refractivity contribution is -0.142. The van der Waals surface area contributed by atoms with Gasteiger partial charge >= 0.3 is 11.9 Å². The summed E-state index contributed by atoms with van der Waals surface area (Å²) in [7, 11) is 0. The average molecular weight is 242 g/mol. The van der Waals surface area contributed by atoms with Crippen LogP contribution in [-0.2, 0) is 14.3 Å². The van der Waals surface area contributed by atoms with Crippen LogP contribution < -0.4 is 0 Å². The second-order valence-electron chi connectivity index (χ2n) is 4.56. The van der Waals surface area contributed by atoms with Gasteiger partial charge in [-0.15, -0.1) is 0 Å². The van der Waals surface area contributed by atoms with E-state index in [-0.39, 0.29) is 24.4 Å². The summed E-state index contributed by atoms with van der Waals surface area (Å²) in [5, 5.41) is 17.6. The first-order valence-electron chi connectivity index (χ1n) is 5.08. The molecule has 0 aromatic rings. The Morgan fingerprint density at radius 3 is 2.35 bits per heavy atom. The van der Waals surface area contributed by atoms with Gasteiger partial charge in [0.05, 0.1) is 18.8 Å². The van der Waals surface area contributed by atoms with Crippen molar-refractivity contribution in [3.05, 3.63) is 23.8 Å². The van der Waals surface area contributed by atoms with Crippen molar-refractivity contribution in [2.75, 3.05) is 13.2 Å². The molecule has 5 nitrogen and oxygen atoms in total. The number of esters is 1. The number of carboxylic acids is 1. The maximum absolute atomic E-state index is 11.4. The molecule has 17 heavy (non-hydrogen) atoms. The van der Waals surface area contributed by atoms with Crippen LogP contribution in [0.3, 0.4) is 0 Å². The fourth-order valence-electron chi connectivity index (χ4n) is 0.781. The Hall–Kier alpha value is -1.62. The van der Waals surface area contributed by atoms with Crippen LogP contribution in [0.2, 0.25) is 0 Å². The molecule has 96 valence electrons. The van der Waals surface area contributed by atoms with Crippen molar-refractivity contribution in [1.29, 1.82) is 0 Å². The molecule has 0 rings (SSSR count). The number of carbonyl (C=O) groups is 2. The number of hydrogen-bond acceptors (Lipinski definition) is 4. The molecule has 5 heteroatoms. The highest BCUT2D eigenvalue weighted by molar-refractivity contribution is 5.94. The van der Waals surface area contributed by atoms with E-state index < -0.39 is 17.4 Å². The molecule has 0 saturated carbocycles. The van der Waals surface area contributed by atoms with Crippen molar-refractivity contribution >= 4 is 11.9 Å². The third-order valence-corrected chi connectivity index (χ3v) is 2.01. The Morgan fingerprint density at radius 2 is 1.94 bits per heavy atom. The van der Waals surface area contributed by atoms with E-state index in [0.717, 1.165) is 6.08 Å². The van der Waals surface area contributed by atoms with Crippen LogP contribution >= 0.6 is 0 Å². The van der Waals surface area contributed by atoms with Crippen molar-refractivity contribution in [1.82, 2.24) is 0 Å². The molecule has 0 unspecified atom stereocenters. The smallest absolute Gasteiger partial charge is 0.337 e. The van der Waals surface area contributed by atoms with Crippen molar-refractivity contribution in [2.24, 2.45) is 5.41 Å². The highest BCUT2D eigenvalue weighted by Gasteiger charge is 2.19. The monoisotopic (exact) mass is 242 g/mol. The lowest BCUT2D eigenvalue weighted by atomic mass is 9.96. The number of rotatable bonds is 6. The summed E-state index contributed by atoms with van der Waals surface area (Å²) in [6, 6.07) is 0. The van der Waals surface area contributed by atoms with Crippen molar-refractivity contribution < 1.29 is 24.5 Å². The van der Waals surface area contributed by atoms with E-state index in [0.29, 0.717) is 0 Å². The number of hydrogen-bond donors (Lipinski definition) is 2. The molecule has 0 aliphatic carbocycles. The molecule has 0 radical (unpaired) electrons. The van der Waals surface area contributed by atoms with Crippen molar-refractivity contribution in [3.63, 3.8) is 0 Å². The zero-order valence-electron chi connectivity index (χ0n) is 10.3. The Balaban J connectivity index is 4.40. The highest BCUT2D eigenvalue weighted by atomic mass is 16.5. The summed E-state index contributed by atoms with van der Waals surface area (Å²) < 4.78 is 4.90. The van der Waals surface area contributed by atoms with Gasteiger partial charge in [0.1, 0.15) is 0 Å². The number of aliphatic hydroxyl groups is 1. The lowest BCUT2D eigenvalue weighted by Crippen LogP contribution is -2.25. The van der Waals surface area contributed by atoms with Crippen LogP contribution in [-0.4, -0.2) is 35.4 Å². The second-order valence-corrected chi connectivity index (χ2v) is 4.56. The Morgan fingerprint density at radius 1 is 1.41 bits per heavy atom. The highest BCUT2D eigenvalue weighted by Crippen LogP contribution is 2.15. The first-order chi connectivity index (χ1) is 7.69. The summed E-state index contributed by atoms with van der Waals surface area (Å²) in [5.41, 5.74) is -0.548. The first kappa shape index (κ1) is 15.4. The van der Waals surface area contributed by atoms with Gasteiger partial charge in [-0.1, -0.05) is 20.4 Å². The third-order valence-electron chi connectivity index (χ3n) is 2.01. The molecule has 0 aliphatic heterocycles. The molecular weight excluding hydrogens is 224 g/mol.